The van der Waals surface area contributed by atoms with E-state index < -0.39 is 11.4 Å². The molecule has 0 saturated carbocycles. The molecule has 0 bridgehead atoms. The number of hydrogen-bond acceptors (Lipinski definition) is 5. The highest BCUT2D eigenvalue weighted by Gasteiger charge is 2.25. The van der Waals surface area contributed by atoms with Gasteiger partial charge in [0, 0.05) is 23.9 Å². The monoisotopic (exact) mass is 328 g/mol. The number of aromatic carboxylic acids is 1. The highest BCUT2D eigenvalue weighted by molar-refractivity contribution is 5.88. The number of hydrogen-bond donors (Lipinski definition) is 1. The summed E-state index contributed by atoms with van der Waals surface area (Å²) in [4.78, 5) is 34.4. The lowest BCUT2D eigenvalue weighted by atomic mass is 9.92. The maximum absolute atomic E-state index is 12.1. The summed E-state index contributed by atoms with van der Waals surface area (Å²) in [6.45, 7) is 4.17. The van der Waals surface area contributed by atoms with Crippen molar-refractivity contribution in [2.75, 3.05) is 6.61 Å². The van der Waals surface area contributed by atoms with Crippen LogP contribution in [0.25, 0.3) is 11.3 Å². The van der Waals surface area contributed by atoms with Crippen molar-refractivity contribution in [3.05, 3.63) is 50.7 Å². The van der Waals surface area contributed by atoms with Crippen LogP contribution in [0, 0.1) is 4.91 Å². The number of nitrogens with zero attached hydrogens (tertiary/aromatic N) is 2. The predicted octanol–water partition coefficient (Wildman–Crippen LogP) is 3.13. The quantitative estimate of drug-likeness (QED) is 0.870. The number of pyridine rings is 1. The number of carboxylic acid groups (broad SMARTS) is 1. The summed E-state index contributed by atoms with van der Waals surface area (Å²) in [6, 6.07) is 4.62. The van der Waals surface area contributed by atoms with Crippen LogP contribution in [0.3, 0.4) is 0 Å². The average molecular weight is 328 g/mol. The van der Waals surface area contributed by atoms with E-state index in [9.17, 15) is 14.5 Å². The van der Waals surface area contributed by atoms with Crippen molar-refractivity contribution in [1.82, 2.24) is 4.57 Å². The molecule has 1 aliphatic heterocycles. The SMILES string of the molecule is CCOc1cc2c(cc1N=O)-c1cc(=O)c(C(=O)O)cn1C(C)C2. The summed E-state index contributed by atoms with van der Waals surface area (Å²) >= 11 is 0. The third-order valence-corrected chi connectivity index (χ3v) is 4.16. The summed E-state index contributed by atoms with van der Waals surface area (Å²) in [7, 11) is 0. The maximum atomic E-state index is 12.1. The van der Waals surface area contributed by atoms with E-state index in [1.54, 1.807) is 16.7 Å². The molecule has 7 heteroatoms. The first-order valence-electron chi connectivity index (χ1n) is 7.59. The van der Waals surface area contributed by atoms with Crippen molar-refractivity contribution in [2.24, 2.45) is 5.18 Å². The molecule has 1 aromatic heterocycles. The second-order valence-electron chi connectivity index (χ2n) is 5.70. The van der Waals surface area contributed by atoms with Gasteiger partial charge in [0.25, 0.3) is 0 Å². The summed E-state index contributed by atoms with van der Waals surface area (Å²) in [5.41, 5.74) is 1.52. The first-order valence-corrected chi connectivity index (χ1v) is 7.59. The van der Waals surface area contributed by atoms with Crippen molar-refractivity contribution in [1.29, 1.82) is 0 Å². The Morgan fingerprint density at radius 2 is 2.17 bits per heavy atom. The lowest BCUT2D eigenvalue weighted by Gasteiger charge is -2.29. The molecule has 1 aliphatic rings. The molecule has 0 saturated heterocycles. The minimum atomic E-state index is -1.25. The minimum absolute atomic E-state index is 0.0317. The van der Waals surface area contributed by atoms with E-state index in [-0.39, 0.29) is 17.3 Å². The van der Waals surface area contributed by atoms with Crippen LogP contribution in [-0.4, -0.2) is 22.2 Å². The predicted molar refractivity (Wildman–Crippen MR) is 88.1 cm³/mol. The van der Waals surface area contributed by atoms with Crippen LogP contribution in [0.1, 0.15) is 35.8 Å². The van der Waals surface area contributed by atoms with Gasteiger partial charge in [0.15, 0.2) is 11.1 Å². The van der Waals surface area contributed by atoms with Crippen molar-refractivity contribution in [2.45, 2.75) is 26.3 Å². The normalized spacial score (nSPS) is 15.3. The molecule has 0 radical (unpaired) electrons. The molecule has 0 fully saturated rings. The largest absolute Gasteiger partial charge is 0.491 e. The topological polar surface area (TPSA) is 98.0 Å². The molecule has 0 spiro atoms. The number of fused-ring (bicyclic) bond motifs is 3. The van der Waals surface area contributed by atoms with Crippen LogP contribution < -0.4 is 10.2 Å². The van der Waals surface area contributed by atoms with Gasteiger partial charge in [-0.05, 0) is 43.1 Å². The van der Waals surface area contributed by atoms with Crippen molar-refractivity contribution in [3.63, 3.8) is 0 Å². The van der Waals surface area contributed by atoms with E-state index in [1.807, 2.05) is 13.8 Å². The average Bonchev–Trinajstić information content (AvgIpc) is 2.54. The molecular formula is C17H16N2O5. The standard InChI is InChI=1S/C17H16N2O5/c1-3-24-16-5-10-4-9(2)19-8-12(17(21)22)15(20)7-14(19)11(10)6-13(16)18-23/h5-9H,3-4H2,1-2H3,(H,21,22). The summed E-state index contributed by atoms with van der Waals surface area (Å²) < 4.78 is 7.20. The maximum Gasteiger partial charge on any atom is 0.341 e. The van der Waals surface area contributed by atoms with Gasteiger partial charge in [0.05, 0.1) is 12.3 Å². The molecule has 24 heavy (non-hydrogen) atoms. The molecule has 1 N–H and O–H groups in total. The molecule has 2 aromatic rings. The molecule has 124 valence electrons. The Hall–Kier alpha value is -2.96. The Kier molecular flexibility index (Phi) is 3.92. The van der Waals surface area contributed by atoms with Gasteiger partial charge in [-0.1, -0.05) is 0 Å². The van der Waals surface area contributed by atoms with Gasteiger partial charge in [0.1, 0.15) is 11.3 Å². The summed E-state index contributed by atoms with van der Waals surface area (Å²) in [5.74, 6) is -0.841. The van der Waals surface area contributed by atoms with E-state index in [1.165, 1.54) is 12.3 Å². The number of ether oxygens (including phenoxy) is 1. The Balaban J connectivity index is 2.26. The molecule has 0 amide bonds. The number of nitroso groups, excluding NO2 is 1. The van der Waals surface area contributed by atoms with Gasteiger partial charge < -0.3 is 14.4 Å². The molecule has 1 atom stereocenters. The van der Waals surface area contributed by atoms with Crippen LogP contribution in [-0.2, 0) is 6.42 Å². The lowest BCUT2D eigenvalue weighted by molar-refractivity contribution is 0.0694. The number of rotatable bonds is 4. The van der Waals surface area contributed by atoms with Crippen LogP contribution in [0.15, 0.2) is 34.4 Å². The van der Waals surface area contributed by atoms with E-state index in [0.717, 1.165) is 5.56 Å². The van der Waals surface area contributed by atoms with E-state index >= 15 is 0 Å². The molecule has 2 heterocycles. The first kappa shape index (κ1) is 15.9. The van der Waals surface area contributed by atoms with Crippen LogP contribution >= 0.6 is 0 Å². The third kappa shape index (κ3) is 2.47. The highest BCUT2D eigenvalue weighted by Crippen LogP contribution is 2.40. The van der Waals surface area contributed by atoms with Crippen molar-refractivity contribution < 1.29 is 14.6 Å². The van der Waals surface area contributed by atoms with Gasteiger partial charge >= 0.3 is 5.97 Å². The smallest absolute Gasteiger partial charge is 0.341 e. The minimum Gasteiger partial charge on any atom is -0.491 e. The fraction of sp³-hybridized carbons (Fsp3) is 0.294. The van der Waals surface area contributed by atoms with Crippen molar-refractivity contribution in [3.8, 4) is 17.0 Å². The molecular weight excluding hydrogens is 312 g/mol. The fourth-order valence-corrected chi connectivity index (χ4v) is 3.07. The summed E-state index contributed by atoms with van der Waals surface area (Å²) in [5, 5.41) is 12.1. The van der Waals surface area contributed by atoms with E-state index in [4.69, 9.17) is 9.84 Å². The number of carboxylic acids is 1. The molecule has 3 rings (SSSR count). The van der Waals surface area contributed by atoms with Crippen LogP contribution in [0.2, 0.25) is 0 Å². The first-order chi connectivity index (χ1) is 11.5. The Morgan fingerprint density at radius 1 is 1.42 bits per heavy atom. The van der Waals surface area contributed by atoms with E-state index in [2.05, 4.69) is 5.18 Å². The molecule has 0 aliphatic carbocycles. The van der Waals surface area contributed by atoms with Crippen molar-refractivity contribution >= 4 is 11.7 Å². The van der Waals surface area contributed by atoms with Gasteiger partial charge in [-0.3, -0.25) is 4.79 Å². The Morgan fingerprint density at radius 3 is 2.79 bits per heavy atom. The van der Waals surface area contributed by atoms with Gasteiger partial charge in [0.2, 0.25) is 0 Å². The number of aromatic nitrogens is 1. The Labute approximate surface area is 137 Å². The Bertz CT molecular complexity index is 901. The second-order valence-corrected chi connectivity index (χ2v) is 5.70. The third-order valence-electron chi connectivity index (χ3n) is 4.16. The number of carbonyl (C=O) groups is 1. The molecule has 1 unspecified atom stereocenters. The zero-order valence-electron chi connectivity index (χ0n) is 13.3. The second kappa shape index (κ2) is 5.92. The lowest BCUT2D eigenvalue weighted by Crippen LogP contribution is -2.24. The number of benzene rings is 1. The fourth-order valence-electron chi connectivity index (χ4n) is 3.07. The highest BCUT2D eigenvalue weighted by atomic mass is 16.5. The van der Waals surface area contributed by atoms with E-state index in [0.29, 0.717) is 30.0 Å². The zero-order chi connectivity index (χ0) is 17.4. The van der Waals surface area contributed by atoms with Crippen LogP contribution in [0.5, 0.6) is 5.75 Å². The van der Waals surface area contributed by atoms with Gasteiger partial charge in [-0.25, -0.2) is 4.79 Å². The zero-order valence-corrected chi connectivity index (χ0v) is 13.3. The van der Waals surface area contributed by atoms with Crippen LogP contribution in [0.4, 0.5) is 5.69 Å². The molecule has 1 aromatic carbocycles. The van der Waals surface area contributed by atoms with Gasteiger partial charge in [-0.2, -0.15) is 0 Å². The molecule has 7 nitrogen and oxygen atoms in total. The van der Waals surface area contributed by atoms with Gasteiger partial charge in [-0.15, -0.1) is 4.91 Å². The summed E-state index contributed by atoms with van der Waals surface area (Å²) in [6.07, 6.45) is 1.99.